The van der Waals surface area contributed by atoms with Crippen molar-refractivity contribution in [2.45, 2.75) is 104 Å². The minimum atomic E-state index is -1.50. The van der Waals surface area contributed by atoms with Crippen LogP contribution in [0.2, 0.25) is 0 Å². The highest BCUT2D eigenvalue weighted by Crippen LogP contribution is 2.72. The van der Waals surface area contributed by atoms with Gasteiger partial charge in [0.05, 0.1) is 37.9 Å². The molecular formula is C40H54O11. The molecular weight excluding hydrogens is 656 g/mol. The van der Waals surface area contributed by atoms with Crippen LogP contribution < -0.4 is 0 Å². The van der Waals surface area contributed by atoms with Gasteiger partial charge >= 0.3 is 24.1 Å². The van der Waals surface area contributed by atoms with Gasteiger partial charge in [0.1, 0.15) is 12.2 Å². The second-order valence-electron chi connectivity index (χ2n) is 16.2. The van der Waals surface area contributed by atoms with E-state index in [1.54, 1.807) is 13.0 Å². The van der Waals surface area contributed by atoms with Gasteiger partial charge in [0, 0.05) is 36.7 Å². The maximum atomic E-state index is 13.5. The molecule has 51 heavy (non-hydrogen) atoms. The van der Waals surface area contributed by atoms with Gasteiger partial charge in [-0.2, -0.15) is 0 Å². The predicted molar refractivity (Wildman–Crippen MR) is 184 cm³/mol. The number of aliphatic hydroxyl groups is 1. The van der Waals surface area contributed by atoms with Crippen LogP contribution in [0, 0.1) is 45.8 Å². The van der Waals surface area contributed by atoms with E-state index >= 15 is 0 Å². The zero-order chi connectivity index (χ0) is 36.9. The summed E-state index contributed by atoms with van der Waals surface area (Å²) in [5.41, 5.74) is -2.92. The molecule has 4 aliphatic carbocycles. The van der Waals surface area contributed by atoms with E-state index in [1.807, 2.05) is 44.2 Å². The van der Waals surface area contributed by atoms with Crippen LogP contribution in [0.1, 0.15) is 79.2 Å². The summed E-state index contributed by atoms with van der Waals surface area (Å²) in [6.07, 6.45) is 2.09. The Bertz CT molecular complexity index is 1540. The van der Waals surface area contributed by atoms with Gasteiger partial charge in [-0.05, 0) is 81.1 Å². The van der Waals surface area contributed by atoms with Crippen molar-refractivity contribution in [1.29, 1.82) is 0 Å². The number of carbonyl (C=O) groups excluding carboxylic acids is 4. The van der Waals surface area contributed by atoms with Crippen LogP contribution in [-0.2, 0) is 49.2 Å². The summed E-state index contributed by atoms with van der Waals surface area (Å²) in [7, 11) is 1.29. The van der Waals surface area contributed by atoms with E-state index in [2.05, 4.69) is 6.92 Å². The fourth-order valence-corrected chi connectivity index (χ4v) is 11.6. The number of benzene rings is 1. The number of carbonyl (C=O) groups is 4. The molecule has 0 bridgehead atoms. The van der Waals surface area contributed by atoms with Gasteiger partial charge < -0.3 is 33.5 Å². The molecule has 1 saturated heterocycles. The number of hydrogen-bond acceptors (Lipinski definition) is 11. The molecule has 0 radical (unpaired) electrons. The van der Waals surface area contributed by atoms with E-state index in [0.717, 1.165) is 12.0 Å². The number of ether oxygens (including phenoxy) is 6. The largest absolute Gasteiger partial charge is 0.508 e. The smallest absolute Gasteiger partial charge is 0.466 e. The molecule has 5 aliphatic rings. The zero-order valence-electron chi connectivity index (χ0n) is 31.0. The van der Waals surface area contributed by atoms with E-state index in [9.17, 15) is 24.3 Å². The molecule has 1 aromatic rings. The Hall–Kier alpha value is -3.44. The Labute approximate surface area is 300 Å². The first-order valence-corrected chi connectivity index (χ1v) is 18.5. The van der Waals surface area contributed by atoms with E-state index in [0.29, 0.717) is 45.3 Å². The molecule has 0 amide bonds. The van der Waals surface area contributed by atoms with Crippen LogP contribution >= 0.6 is 0 Å². The minimum Gasteiger partial charge on any atom is -0.466 e. The lowest BCUT2D eigenvalue weighted by Crippen LogP contribution is -2.78. The lowest BCUT2D eigenvalue weighted by atomic mass is 9.36. The first-order valence-electron chi connectivity index (χ1n) is 18.5. The molecule has 3 saturated carbocycles. The van der Waals surface area contributed by atoms with Crippen LogP contribution in [0.25, 0.3) is 0 Å². The molecule has 6 rings (SSSR count). The topological polar surface area (TPSA) is 144 Å². The van der Waals surface area contributed by atoms with Crippen LogP contribution in [0.15, 0.2) is 42.0 Å². The van der Waals surface area contributed by atoms with Crippen LogP contribution in [-0.4, -0.2) is 80.0 Å². The van der Waals surface area contributed by atoms with Crippen LogP contribution in [0.3, 0.4) is 0 Å². The Kier molecular flexibility index (Phi) is 10.1. The van der Waals surface area contributed by atoms with Gasteiger partial charge in [-0.3, -0.25) is 9.59 Å². The summed E-state index contributed by atoms with van der Waals surface area (Å²) in [6, 6.07) is 9.81. The molecule has 0 aromatic heterocycles. The average molecular weight is 711 g/mol. The van der Waals surface area contributed by atoms with Gasteiger partial charge in [0.15, 0.2) is 6.10 Å². The molecule has 4 fully saturated rings. The summed E-state index contributed by atoms with van der Waals surface area (Å²) in [4.78, 5) is 52.2. The molecule has 280 valence electrons. The van der Waals surface area contributed by atoms with Gasteiger partial charge in [0.2, 0.25) is 0 Å². The van der Waals surface area contributed by atoms with Gasteiger partial charge in [-0.1, -0.05) is 50.3 Å². The first kappa shape index (κ1) is 37.3. The molecule has 0 spiro atoms. The highest BCUT2D eigenvalue weighted by Gasteiger charge is 2.77. The monoisotopic (exact) mass is 710 g/mol. The van der Waals surface area contributed by atoms with Crippen LogP contribution in [0.4, 0.5) is 4.79 Å². The number of methoxy groups -OCH3 is 1. The minimum absolute atomic E-state index is 0.0186. The van der Waals surface area contributed by atoms with Gasteiger partial charge in [-0.25, -0.2) is 9.59 Å². The van der Waals surface area contributed by atoms with Gasteiger partial charge in [-0.15, -0.1) is 0 Å². The lowest BCUT2D eigenvalue weighted by Gasteiger charge is -2.71. The molecule has 1 heterocycles. The SMILES string of the molecule is COC(=O)C1=CC(C)C[C@@]2(O)C3CCC4C(CC[C@@]5(C(C)OC(=O)OCCc6ccccc6)COC[C@@H]45)[C@@]3(C)[C@H](OC(C)=O)[C@H](OC(C)=O)[C@@]12C. The standard InChI is InChI=1S/C40H54O11/c1-23-19-30(35(43)46-7)38(6)34(51-26(4)42)33(50-25(3)41)37(5)29-15-17-39(24(2)49-36(44)48-18-16-27-11-9-8-10-12-27)22-47-21-31(39)28(29)13-14-32(37)40(38,45)20-23/h8-12,19,23-24,28-29,31-34,45H,13-18,20-22H2,1-7H3/t23?,24?,28?,29?,31-,32?,33+,34-,37+,38+,39-,40+/m0/s1. The van der Waals surface area contributed by atoms with Crippen molar-refractivity contribution in [2.75, 3.05) is 26.9 Å². The molecule has 12 atom stereocenters. The highest BCUT2D eigenvalue weighted by atomic mass is 16.7. The zero-order valence-corrected chi connectivity index (χ0v) is 31.0. The summed E-state index contributed by atoms with van der Waals surface area (Å²) in [5.74, 6) is -2.32. The van der Waals surface area contributed by atoms with E-state index in [4.69, 9.17) is 28.4 Å². The third-order valence-electron chi connectivity index (χ3n) is 13.8. The van der Waals surface area contributed by atoms with Crippen LogP contribution in [0.5, 0.6) is 0 Å². The van der Waals surface area contributed by atoms with Crippen molar-refractivity contribution in [3.8, 4) is 0 Å². The number of allylic oxidation sites excluding steroid dienone is 1. The molecule has 11 nitrogen and oxygen atoms in total. The van der Waals surface area contributed by atoms with Crippen molar-refractivity contribution < 1.29 is 52.7 Å². The quantitative estimate of drug-likeness (QED) is 0.266. The maximum Gasteiger partial charge on any atom is 0.508 e. The summed E-state index contributed by atoms with van der Waals surface area (Å²) >= 11 is 0. The second kappa shape index (κ2) is 13.8. The predicted octanol–water partition coefficient (Wildman–Crippen LogP) is 5.60. The van der Waals surface area contributed by atoms with E-state index in [-0.39, 0.29) is 35.9 Å². The van der Waals surface area contributed by atoms with Crippen molar-refractivity contribution in [1.82, 2.24) is 0 Å². The maximum absolute atomic E-state index is 13.5. The average Bonchev–Trinajstić information content (AvgIpc) is 3.53. The number of hydrogen-bond donors (Lipinski definition) is 1. The Balaban J connectivity index is 1.33. The lowest BCUT2D eigenvalue weighted by molar-refractivity contribution is -0.311. The number of fused-ring (bicyclic) bond motifs is 7. The fraction of sp³-hybridized carbons (Fsp3) is 0.700. The first-order chi connectivity index (χ1) is 24.1. The molecule has 1 aliphatic heterocycles. The Morgan fingerprint density at radius 2 is 1.67 bits per heavy atom. The molecule has 5 unspecified atom stereocenters. The van der Waals surface area contributed by atoms with Crippen molar-refractivity contribution >= 4 is 24.1 Å². The van der Waals surface area contributed by atoms with Gasteiger partial charge in [0.25, 0.3) is 0 Å². The fourth-order valence-electron chi connectivity index (χ4n) is 11.6. The highest BCUT2D eigenvalue weighted by molar-refractivity contribution is 5.91. The third kappa shape index (κ3) is 5.96. The van der Waals surface area contributed by atoms with E-state index in [1.165, 1.54) is 21.0 Å². The summed E-state index contributed by atoms with van der Waals surface area (Å²) in [5, 5.41) is 13.2. The second-order valence-corrected chi connectivity index (χ2v) is 16.2. The molecule has 1 aromatic carbocycles. The normalized spacial score (nSPS) is 40.2. The Morgan fingerprint density at radius 1 is 0.980 bits per heavy atom. The summed E-state index contributed by atoms with van der Waals surface area (Å²) in [6.45, 7) is 11.5. The molecule has 11 heteroatoms. The number of rotatable bonds is 8. The Morgan fingerprint density at radius 3 is 2.33 bits per heavy atom. The third-order valence-corrected chi connectivity index (χ3v) is 13.8. The van der Waals surface area contributed by atoms with Crippen molar-refractivity contribution in [3.05, 3.63) is 47.5 Å². The van der Waals surface area contributed by atoms with E-state index < -0.39 is 70.1 Å². The van der Waals surface area contributed by atoms with Crippen molar-refractivity contribution in [2.24, 2.45) is 45.8 Å². The number of esters is 3. The summed E-state index contributed by atoms with van der Waals surface area (Å²) < 4.78 is 35.3. The van der Waals surface area contributed by atoms with Crippen molar-refractivity contribution in [3.63, 3.8) is 0 Å². The molecule has 1 N–H and O–H groups in total.